The quantitative estimate of drug-likeness (QED) is 0.722. The van der Waals surface area contributed by atoms with Crippen molar-refractivity contribution in [3.05, 3.63) is 24.3 Å². The van der Waals surface area contributed by atoms with Crippen molar-refractivity contribution in [2.75, 3.05) is 40.4 Å². The number of hydrogen-bond donors (Lipinski definition) is 1. The van der Waals surface area contributed by atoms with Crippen molar-refractivity contribution in [3.63, 3.8) is 0 Å². The Morgan fingerprint density at radius 2 is 2.24 bits per heavy atom. The van der Waals surface area contributed by atoms with Crippen molar-refractivity contribution in [3.8, 4) is 0 Å². The Hall–Kier alpha value is -1.04. The van der Waals surface area contributed by atoms with E-state index in [9.17, 15) is 0 Å². The van der Waals surface area contributed by atoms with Crippen LogP contribution in [0.1, 0.15) is 18.7 Å². The lowest BCUT2D eigenvalue weighted by atomic mass is 10.2. The molecule has 1 unspecified atom stereocenters. The third kappa shape index (κ3) is 5.72. The van der Waals surface area contributed by atoms with E-state index in [1.165, 1.54) is 0 Å². The van der Waals surface area contributed by atoms with Crippen LogP contribution in [0.4, 0.5) is 0 Å². The summed E-state index contributed by atoms with van der Waals surface area (Å²) in [5.41, 5.74) is 0.979. The highest BCUT2D eigenvalue weighted by atomic mass is 16.5. The molecular weight excluding hydrogens is 216 g/mol. The Morgan fingerprint density at radius 3 is 2.88 bits per heavy atom. The van der Waals surface area contributed by atoms with Gasteiger partial charge in [0.15, 0.2) is 0 Å². The number of nitrogens with zero attached hydrogens (tertiary/aromatic N) is 3. The minimum atomic E-state index is 0.236. The van der Waals surface area contributed by atoms with E-state index >= 15 is 0 Å². The summed E-state index contributed by atoms with van der Waals surface area (Å²) in [6.07, 6.45) is 5.21. The molecule has 0 saturated heterocycles. The molecule has 5 heteroatoms. The first kappa shape index (κ1) is 14.0. The van der Waals surface area contributed by atoms with Crippen LogP contribution < -0.4 is 5.32 Å². The molecule has 0 fully saturated rings. The molecule has 0 amide bonds. The topological polar surface area (TPSA) is 50.3 Å². The van der Waals surface area contributed by atoms with Crippen LogP contribution in [0.15, 0.2) is 18.6 Å². The number of ether oxygens (including phenoxy) is 1. The van der Waals surface area contributed by atoms with Gasteiger partial charge in [0, 0.05) is 51.4 Å². The van der Waals surface area contributed by atoms with Gasteiger partial charge in [-0.15, -0.1) is 0 Å². The van der Waals surface area contributed by atoms with Gasteiger partial charge in [-0.2, -0.15) is 0 Å². The number of rotatable bonds is 8. The molecule has 1 rings (SSSR count). The number of likely N-dealkylation sites (N-methyl/N-ethyl adjacent to an activating group) is 1. The van der Waals surface area contributed by atoms with E-state index in [-0.39, 0.29) is 6.04 Å². The first-order valence-electron chi connectivity index (χ1n) is 5.91. The fourth-order valence-electron chi connectivity index (χ4n) is 1.47. The molecule has 17 heavy (non-hydrogen) atoms. The van der Waals surface area contributed by atoms with Crippen LogP contribution in [0.25, 0.3) is 0 Å². The highest BCUT2D eigenvalue weighted by Crippen LogP contribution is 2.05. The molecule has 96 valence electrons. The van der Waals surface area contributed by atoms with Crippen LogP contribution in [0.3, 0.4) is 0 Å². The van der Waals surface area contributed by atoms with Crippen molar-refractivity contribution < 1.29 is 4.74 Å². The van der Waals surface area contributed by atoms with Crippen LogP contribution >= 0.6 is 0 Å². The molecule has 1 heterocycles. The lowest BCUT2D eigenvalue weighted by Gasteiger charge is -2.18. The van der Waals surface area contributed by atoms with Gasteiger partial charge in [-0.05, 0) is 14.0 Å². The number of hydrogen-bond acceptors (Lipinski definition) is 5. The Labute approximate surface area is 103 Å². The van der Waals surface area contributed by atoms with Gasteiger partial charge < -0.3 is 15.0 Å². The third-order valence-corrected chi connectivity index (χ3v) is 2.65. The average molecular weight is 238 g/mol. The molecule has 0 radical (unpaired) electrons. The Balaban J connectivity index is 2.18. The molecule has 0 aliphatic heterocycles. The fourth-order valence-corrected chi connectivity index (χ4v) is 1.47. The number of methoxy groups -OCH3 is 1. The summed E-state index contributed by atoms with van der Waals surface area (Å²) in [4.78, 5) is 10.6. The maximum atomic E-state index is 5.03. The highest BCUT2D eigenvalue weighted by Gasteiger charge is 2.05. The van der Waals surface area contributed by atoms with Crippen LogP contribution in [-0.4, -0.2) is 55.3 Å². The van der Waals surface area contributed by atoms with Crippen LogP contribution in [-0.2, 0) is 4.74 Å². The average Bonchev–Trinajstić information content (AvgIpc) is 2.37. The van der Waals surface area contributed by atoms with Gasteiger partial charge in [0.1, 0.15) is 0 Å². The molecule has 0 aliphatic rings. The Bertz CT molecular complexity index is 294. The van der Waals surface area contributed by atoms with Gasteiger partial charge in [0.05, 0.1) is 12.3 Å². The fraction of sp³-hybridized carbons (Fsp3) is 0.667. The third-order valence-electron chi connectivity index (χ3n) is 2.65. The normalized spacial score (nSPS) is 12.9. The summed E-state index contributed by atoms with van der Waals surface area (Å²) in [5, 5.41) is 3.42. The number of aromatic nitrogens is 2. The molecule has 1 aromatic rings. The van der Waals surface area contributed by atoms with E-state index in [0.29, 0.717) is 0 Å². The molecule has 0 saturated carbocycles. The zero-order chi connectivity index (χ0) is 12.5. The van der Waals surface area contributed by atoms with E-state index in [1.54, 1.807) is 25.7 Å². The lowest BCUT2D eigenvalue weighted by molar-refractivity contribution is 0.161. The molecule has 0 aromatic carbocycles. The van der Waals surface area contributed by atoms with E-state index in [1.807, 2.05) is 0 Å². The smallest absolute Gasteiger partial charge is 0.0753 e. The molecule has 0 bridgehead atoms. The summed E-state index contributed by atoms with van der Waals surface area (Å²) < 4.78 is 5.03. The van der Waals surface area contributed by atoms with Crippen molar-refractivity contribution in [1.29, 1.82) is 0 Å². The largest absolute Gasteiger partial charge is 0.383 e. The first-order chi connectivity index (χ1) is 8.24. The van der Waals surface area contributed by atoms with Gasteiger partial charge >= 0.3 is 0 Å². The minimum absolute atomic E-state index is 0.236. The van der Waals surface area contributed by atoms with Gasteiger partial charge in [0.25, 0.3) is 0 Å². The van der Waals surface area contributed by atoms with Crippen LogP contribution in [0, 0.1) is 0 Å². The monoisotopic (exact) mass is 238 g/mol. The summed E-state index contributed by atoms with van der Waals surface area (Å²) in [7, 11) is 3.82. The zero-order valence-electron chi connectivity index (χ0n) is 10.9. The second-order valence-corrected chi connectivity index (χ2v) is 4.10. The predicted octanol–water partition coefficient (Wildman–Crippen LogP) is 0.705. The maximum Gasteiger partial charge on any atom is 0.0753 e. The van der Waals surface area contributed by atoms with Crippen molar-refractivity contribution in [2.45, 2.75) is 13.0 Å². The second-order valence-electron chi connectivity index (χ2n) is 4.10. The Kier molecular flexibility index (Phi) is 6.69. The molecule has 1 atom stereocenters. The summed E-state index contributed by atoms with van der Waals surface area (Å²) in [6, 6.07) is 0.236. The summed E-state index contributed by atoms with van der Waals surface area (Å²) in [6.45, 7) is 5.75. The summed E-state index contributed by atoms with van der Waals surface area (Å²) in [5.74, 6) is 0. The van der Waals surface area contributed by atoms with E-state index in [4.69, 9.17) is 4.74 Å². The molecule has 0 aliphatic carbocycles. The standard InChI is InChI=1S/C12H22N4O/c1-11(12-10-13-4-5-15-12)14-6-7-16(2)8-9-17-3/h4-5,10-11,14H,6-9H2,1-3H3. The Morgan fingerprint density at radius 1 is 1.41 bits per heavy atom. The lowest BCUT2D eigenvalue weighted by Crippen LogP contribution is -2.32. The maximum absolute atomic E-state index is 5.03. The second kappa shape index (κ2) is 8.11. The molecule has 1 aromatic heterocycles. The van der Waals surface area contributed by atoms with E-state index < -0.39 is 0 Å². The van der Waals surface area contributed by atoms with Gasteiger partial charge in [-0.25, -0.2) is 0 Å². The molecule has 0 spiro atoms. The van der Waals surface area contributed by atoms with Gasteiger partial charge in [-0.1, -0.05) is 0 Å². The molecular formula is C12H22N4O. The molecule has 5 nitrogen and oxygen atoms in total. The predicted molar refractivity (Wildman–Crippen MR) is 67.8 cm³/mol. The van der Waals surface area contributed by atoms with E-state index in [0.717, 1.165) is 31.9 Å². The number of nitrogens with one attached hydrogen (secondary N) is 1. The zero-order valence-corrected chi connectivity index (χ0v) is 10.9. The SMILES string of the molecule is COCCN(C)CCNC(C)c1cnccn1. The van der Waals surface area contributed by atoms with Gasteiger partial charge in [0.2, 0.25) is 0 Å². The van der Waals surface area contributed by atoms with Crippen LogP contribution in [0.2, 0.25) is 0 Å². The van der Waals surface area contributed by atoms with Gasteiger partial charge in [-0.3, -0.25) is 9.97 Å². The molecule has 1 N–H and O–H groups in total. The van der Waals surface area contributed by atoms with Crippen molar-refractivity contribution in [1.82, 2.24) is 20.2 Å². The van der Waals surface area contributed by atoms with Crippen molar-refractivity contribution in [2.24, 2.45) is 0 Å². The van der Waals surface area contributed by atoms with Crippen molar-refractivity contribution >= 4 is 0 Å². The highest BCUT2D eigenvalue weighted by molar-refractivity contribution is 5.00. The van der Waals surface area contributed by atoms with E-state index in [2.05, 4.69) is 34.2 Å². The minimum Gasteiger partial charge on any atom is -0.383 e. The van der Waals surface area contributed by atoms with Crippen LogP contribution in [0.5, 0.6) is 0 Å². The summed E-state index contributed by atoms with van der Waals surface area (Å²) >= 11 is 0. The first-order valence-corrected chi connectivity index (χ1v) is 5.91.